The lowest BCUT2D eigenvalue weighted by molar-refractivity contribution is -0.0364. The number of fused-ring (bicyclic) bond motifs is 1. The fourth-order valence-electron chi connectivity index (χ4n) is 4.15. The van der Waals surface area contributed by atoms with E-state index in [-0.39, 0.29) is 0 Å². The van der Waals surface area contributed by atoms with Gasteiger partial charge >= 0.3 is 0 Å². The monoisotopic (exact) mass is 367 g/mol. The van der Waals surface area contributed by atoms with E-state index in [1.54, 1.807) is 0 Å². The first-order valence-corrected chi connectivity index (χ1v) is 9.83. The molecular weight excluding hydrogens is 338 g/mol. The Bertz CT molecular complexity index is 918. The number of aliphatic hydroxyl groups is 1. The number of rotatable bonds is 5. The third-order valence-electron chi connectivity index (χ3n) is 5.69. The fraction of sp³-hybridized carbons (Fsp3) is 0.524. The summed E-state index contributed by atoms with van der Waals surface area (Å²) in [6, 6.07) is 6.22. The van der Waals surface area contributed by atoms with Crippen LogP contribution in [-0.2, 0) is 13.1 Å². The second-order valence-corrected chi connectivity index (χ2v) is 8.13. The highest BCUT2D eigenvalue weighted by atomic mass is 16.3. The van der Waals surface area contributed by atoms with E-state index >= 15 is 0 Å². The molecule has 1 N–H and O–H groups in total. The molecule has 0 atom stereocenters. The van der Waals surface area contributed by atoms with Crippen molar-refractivity contribution in [3.63, 3.8) is 0 Å². The van der Waals surface area contributed by atoms with E-state index in [4.69, 9.17) is 4.98 Å². The van der Waals surface area contributed by atoms with Crippen molar-refractivity contribution in [3.05, 3.63) is 54.1 Å². The highest BCUT2D eigenvalue weighted by Gasteiger charge is 2.33. The van der Waals surface area contributed by atoms with Crippen molar-refractivity contribution < 1.29 is 5.11 Å². The highest BCUT2D eigenvalue weighted by Crippen LogP contribution is 2.27. The molecule has 27 heavy (non-hydrogen) atoms. The van der Waals surface area contributed by atoms with Crippen LogP contribution in [0, 0.1) is 6.92 Å². The lowest BCUT2D eigenvalue weighted by Crippen LogP contribution is -2.46. The maximum Gasteiger partial charge on any atom is 0.111 e. The number of hydrogen-bond donors (Lipinski definition) is 1. The average Bonchev–Trinajstić information content (AvgIpc) is 3.22. The topological polar surface area (TPSA) is 58.6 Å². The highest BCUT2D eigenvalue weighted by molar-refractivity contribution is 5.53. The van der Waals surface area contributed by atoms with Gasteiger partial charge in [0, 0.05) is 44.1 Å². The Labute approximate surface area is 160 Å². The largest absolute Gasteiger partial charge is 0.388 e. The molecule has 144 valence electrons. The van der Waals surface area contributed by atoms with Gasteiger partial charge in [-0.05, 0) is 31.9 Å². The zero-order chi connectivity index (χ0) is 19.0. The molecule has 3 aromatic heterocycles. The Balaban J connectivity index is 1.41. The lowest BCUT2D eigenvalue weighted by atomic mass is 9.91. The van der Waals surface area contributed by atoms with E-state index in [2.05, 4.69) is 51.0 Å². The fourth-order valence-corrected chi connectivity index (χ4v) is 4.15. The van der Waals surface area contributed by atoms with Gasteiger partial charge in [0.1, 0.15) is 11.6 Å². The maximum atomic E-state index is 11.1. The summed E-state index contributed by atoms with van der Waals surface area (Å²) in [5, 5.41) is 11.1. The van der Waals surface area contributed by atoms with Crippen LogP contribution in [0.25, 0.3) is 5.52 Å². The molecule has 0 saturated carbocycles. The number of pyridine rings is 1. The van der Waals surface area contributed by atoms with Gasteiger partial charge in [-0.3, -0.25) is 4.90 Å². The van der Waals surface area contributed by atoms with Crippen molar-refractivity contribution in [2.24, 2.45) is 0 Å². The van der Waals surface area contributed by atoms with Gasteiger partial charge in [0.2, 0.25) is 0 Å². The van der Waals surface area contributed by atoms with Gasteiger partial charge in [-0.1, -0.05) is 19.9 Å². The second-order valence-electron chi connectivity index (χ2n) is 8.13. The molecule has 1 saturated heterocycles. The van der Waals surface area contributed by atoms with Crippen molar-refractivity contribution in [1.82, 2.24) is 23.8 Å². The number of aromatic nitrogens is 4. The van der Waals surface area contributed by atoms with Gasteiger partial charge in [-0.15, -0.1) is 0 Å². The molecule has 0 spiro atoms. The van der Waals surface area contributed by atoms with Crippen LogP contribution in [0.5, 0.6) is 0 Å². The molecule has 0 unspecified atom stereocenters. The third-order valence-corrected chi connectivity index (χ3v) is 5.69. The summed E-state index contributed by atoms with van der Waals surface area (Å²) >= 11 is 0. The number of likely N-dealkylation sites (tertiary alicyclic amines) is 1. The third kappa shape index (κ3) is 3.64. The Hall–Kier alpha value is -2.18. The Morgan fingerprint density at radius 1 is 1.19 bits per heavy atom. The first-order chi connectivity index (χ1) is 13.0. The van der Waals surface area contributed by atoms with Crippen molar-refractivity contribution in [2.45, 2.75) is 58.2 Å². The molecule has 6 nitrogen and oxygen atoms in total. The van der Waals surface area contributed by atoms with E-state index < -0.39 is 5.60 Å². The first-order valence-electron chi connectivity index (χ1n) is 9.83. The molecule has 1 aliphatic rings. The van der Waals surface area contributed by atoms with Crippen LogP contribution < -0.4 is 0 Å². The Morgan fingerprint density at radius 3 is 2.70 bits per heavy atom. The van der Waals surface area contributed by atoms with Crippen LogP contribution in [0.1, 0.15) is 49.9 Å². The number of imidazole rings is 2. The van der Waals surface area contributed by atoms with Crippen LogP contribution >= 0.6 is 0 Å². The molecule has 0 aromatic carbocycles. The van der Waals surface area contributed by atoms with Gasteiger partial charge in [-0.2, -0.15) is 0 Å². The van der Waals surface area contributed by atoms with E-state index in [0.717, 1.165) is 49.8 Å². The molecule has 1 aliphatic heterocycles. The summed E-state index contributed by atoms with van der Waals surface area (Å²) in [5.74, 6) is 2.43. The first kappa shape index (κ1) is 18.2. The number of nitrogens with zero attached hydrogens (tertiary/aromatic N) is 5. The standard InChI is InChI=1S/C21H29N5O/c1-16(2)20-22-9-13-25(20)15-21(27)7-11-24(12-8-21)14-18-19-6-4-5-10-26(19)17(3)23-18/h4-6,9-10,13,16,27H,7-8,11-12,14-15H2,1-3H3. The molecule has 4 rings (SSSR count). The number of aryl methyl sites for hydroxylation is 1. The van der Waals surface area contributed by atoms with Crippen molar-refractivity contribution >= 4 is 5.52 Å². The Kier molecular flexibility index (Phi) is 4.78. The van der Waals surface area contributed by atoms with E-state index in [1.165, 1.54) is 5.52 Å². The van der Waals surface area contributed by atoms with Crippen LogP contribution in [0.3, 0.4) is 0 Å². The molecular formula is C21H29N5O. The van der Waals surface area contributed by atoms with Gasteiger partial charge in [0.05, 0.1) is 23.4 Å². The quantitative estimate of drug-likeness (QED) is 0.753. The maximum absolute atomic E-state index is 11.1. The minimum Gasteiger partial charge on any atom is -0.388 e. The smallest absolute Gasteiger partial charge is 0.111 e. The molecule has 6 heteroatoms. The molecule has 4 heterocycles. The molecule has 0 amide bonds. The van der Waals surface area contributed by atoms with E-state index in [1.807, 2.05) is 25.4 Å². The van der Waals surface area contributed by atoms with E-state index in [9.17, 15) is 5.11 Å². The summed E-state index contributed by atoms with van der Waals surface area (Å²) in [4.78, 5) is 11.6. The molecule has 1 fully saturated rings. The Morgan fingerprint density at radius 2 is 1.96 bits per heavy atom. The predicted molar refractivity (Wildman–Crippen MR) is 106 cm³/mol. The summed E-state index contributed by atoms with van der Waals surface area (Å²) in [7, 11) is 0. The van der Waals surface area contributed by atoms with E-state index in [0.29, 0.717) is 12.5 Å². The number of hydrogen-bond acceptors (Lipinski definition) is 4. The van der Waals surface area contributed by atoms with Crippen molar-refractivity contribution in [2.75, 3.05) is 13.1 Å². The molecule has 0 aliphatic carbocycles. The minimum absolute atomic E-state index is 0.362. The summed E-state index contributed by atoms with van der Waals surface area (Å²) in [6.45, 7) is 9.55. The zero-order valence-electron chi connectivity index (χ0n) is 16.5. The second kappa shape index (κ2) is 7.09. The van der Waals surface area contributed by atoms with Crippen LogP contribution in [-0.4, -0.2) is 47.6 Å². The van der Waals surface area contributed by atoms with Gasteiger partial charge < -0.3 is 14.1 Å². The summed E-state index contributed by atoms with van der Waals surface area (Å²) in [6.07, 6.45) is 7.42. The predicted octanol–water partition coefficient (Wildman–Crippen LogP) is 2.99. The SMILES string of the molecule is Cc1nc(CN2CCC(O)(Cn3ccnc3C(C)C)CC2)c2ccccn12. The normalized spacial score (nSPS) is 17.8. The number of piperidine rings is 1. The van der Waals surface area contributed by atoms with Crippen molar-refractivity contribution in [3.8, 4) is 0 Å². The summed E-state index contributed by atoms with van der Waals surface area (Å²) in [5.41, 5.74) is 1.64. The average molecular weight is 367 g/mol. The van der Waals surface area contributed by atoms with Crippen molar-refractivity contribution in [1.29, 1.82) is 0 Å². The molecule has 0 bridgehead atoms. The van der Waals surface area contributed by atoms with Gasteiger partial charge in [-0.25, -0.2) is 9.97 Å². The van der Waals surface area contributed by atoms with Gasteiger partial charge in [0.15, 0.2) is 0 Å². The lowest BCUT2D eigenvalue weighted by Gasteiger charge is -2.38. The zero-order valence-corrected chi connectivity index (χ0v) is 16.5. The van der Waals surface area contributed by atoms with Crippen LogP contribution in [0.4, 0.5) is 0 Å². The summed E-state index contributed by atoms with van der Waals surface area (Å²) < 4.78 is 4.26. The molecule has 0 radical (unpaired) electrons. The molecule has 3 aromatic rings. The van der Waals surface area contributed by atoms with Crippen LogP contribution in [0.2, 0.25) is 0 Å². The minimum atomic E-state index is -0.660. The van der Waals surface area contributed by atoms with Gasteiger partial charge in [0.25, 0.3) is 0 Å². The van der Waals surface area contributed by atoms with Crippen LogP contribution in [0.15, 0.2) is 36.8 Å².